The van der Waals surface area contributed by atoms with E-state index >= 15 is 0 Å². The third kappa shape index (κ3) is 4.43. The van der Waals surface area contributed by atoms with Gasteiger partial charge in [0, 0.05) is 19.3 Å². The molecule has 4 heteroatoms. The molecule has 0 spiro atoms. The molecule has 144 valence electrons. The molecule has 3 aromatic rings. The molecule has 1 amide bonds. The fraction of sp³-hybridized carbons (Fsp3) is 0.120. The number of anilines is 1. The minimum Gasteiger partial charge on any atom is -0.368 e. The number of hydrazone groups is 1. The van der Waals surface area contributed by atoms with Gasteiger partial charge in [0.15, 0.2) is 0 Å². The molecule has 4 rings (SSSR count). The number of para-hydroxylation sites is 1. The highest BCUT2D eigenvalue weighted by Crippen LogP contribution is 2.24. The molecule has 1 aliphatic heterocycles. The van der Waals surface area contributed by atoms with Crippen molar-refractivity contribution in [3.63, 3.8) is 0 Å². The van der Waals surface area contributed by atoms with Crippen molar-refractivity contribution >= 4 is 17.3 Å². The summed E-state index contributed by atoms with van der Waals surface area (Å²) in [5.41, 5.74) is 4.52. The monoisotopic (exact) mass is 381 g/mol. The molecule has 3 aromatic carbocycles. The predicted octanol–water partition coefficient (Wildman–Crippen LogP) is 5.00. The van der Waals surface area contributed by atoms with Gasteiger partial charge < -0.3 is 4.90 Å². The fourth-order valence-electron chi connectivity index (χ4n) is 3.38. The van der Waals surface area contributed by atoms with E-state index in [0.717, 1.165) is 11.4 Å². The van der Waals surface area contributed by atoms with Crippen LogP contribution >= 0.6 is 0 Å². The van der Waals surface area contributed by atoms with Crippen LogP contribution in [0.4, 0.5) is 5.69 Å². The number of carbonyl (C=O) groups excluding carboxylic acids is 1. The van der Waals surface area contributed by atoms with Crippen LogP contribution < -0.4 is 5.01 Å². The largest absolute Gasteiger partial charge is 0.368 e. The third-order valence-electron chi connectivity index (χ3n) is 4.83. The van der Waals surface area contributed by atoms with Crippen molar-refractivity contribution < 1.29 is 4.79 Å². The SMILES string of the molecule is CC1=NN(c2ccccc2)C(=O)/C1=C\N(Cc1ccccc1)Cc1ccccc1. The van der Waals surface area contributed by atoms with Crippen molar-refractivity contribution in [2.45, 2.75) is 20.0 Å². The number of hydrogen-bond donors (Lipinski definition) is 0. The molecule has 0 saturated heterocycles. The summed E-state index contributed by atoms with van der Waals surface area (Å²) < 4.78 is 0. The molecule has 0 saturated carbocycles. The normalized spacial score (nSPS) is 14.9. The van der Waals surface area contributed by atoms with Crippen LogP contribution in [0.2, 0.25) is 0 Å². The van der Waals surface area contributed by atoms with Crippen LogP contribution in [-0.4, -0.2) is 16.5 Å². The van der Waals surface area contributed by atoms with E-state index in [0.29, 0.717) is 18.7 Å². The Morgan fingerprint density at radius 3 is 1.79 bits per heavy atom. The summed E-state index contributed by atoms with van der Waals surface area (Å²) in [6.07, 6.45) is 1.95. The Kier molecular flexibility index (Phi) is 5.52. The Labute approximate surface area is 171 Å². The molecule has 0 bridgehead atoms. The number of hydrogen-bond acceptors (Lipinski definition) is 3. The minimum atomic E-state index is -0.0974. The van der Waals surface area contributed by atoms with Crippen molar-refractivity contribution in [3.05, 3.63) is 114 Å². The summed E-state index contributed by atoms with van der Waals surface area (Å²) in [6.45, 7) is 3.31. The maximum absolute atomic E-state index is 13.1. The van der Waals surface area contributed by atoms with Gasteiger partial charge in [-0.15, -0.1) is 0 Å². The molecule has 0 atom stereocenters. The lowest BCUT2D eigenvalue weighted by Crippen LogP contribution is -2.24. The van der Waals surface area contributed by atoms with Crippen LogP contribution in [0.25, 0.3) is 0 Å². The van der Waals surface area contributed by atoms with Crippen molar-refractivity contribution in [1.29, 1.82) is 0 Å². The first-order valence-electron chi connectivity index (χ1n) is 9.69. The standard InChI is InChI=1S/C25H23N3O/c1-20-24(25(29)28(26-20)23-15-9-4-10-16-23)19-27(17-21-11-5-2-6-12-21)18-22-13-7-3-8-14-22/h2-16,19H,17-18H2,1H3/b24-19-. The van der Waals surface area contributed by atoms with Crippen LogP contribution in [-0.2, 0) is 17.9 Å². The summed E-state index contributed by atoms with van der Waals surface area (Å²) in [6, 6.07) is 30.1. The van der Waals surface area contributed by atoms with Gasteiger partial charge >= 0.3 is 0 Å². The first kappa shape index (κ1) is 18.7. The summed E-state index contributed by atoms with van der Waals surface area (Å²) in [7, 11) is 0. The van der Waals surface area contributed by atoms with Crippen LogP contribution in [0.5, 0.6) is 0 Å². The average Bonchev–Trinajstić information content (AvgIpc) is 3.04. The van der Waals surface area contributed by atoms with Crippen molar-refractivity contribution in [3.8, 4) is 0 Å². The van der Waals surface area contributed by atoms with Gasteiger partial charge in [-0.3, -0.25) is 4.79 Å². The molecular weight excluding hydrogens is 358 g/mol. The molecule has 0 fully saturated rings. The molecule has 0 aliphatic carbocycles. The van der Waals surface area contributed by atoms with E-state index in [1.807, 2.05) is 79.9 Å². The van der Waals surface area contributed by atoms with E-state index < -0.39 is 0 Å². The number of nitrogens with zero attached hydrogens (tertiary/aromatic N) is 3. The molecule has 0 radical (unpaired) electrons. The maximum atomic E-state index is 13.1. The Bertz CT molecular complexity index is 986. The zero-order valence-electron chi connectivity index (χ0n) is 16.4. The van der Waals surface area contributed by atoms with E-state index in [9.17, 15) is 4.79 Å². The second-order valence-corrected chi connectivity index (χ2v) is 7.06. The lowest BCUT2D eigenvalue weighted by molar-refractivity contribution is -0.114. The van der Waals surface area contributed by atoms with Gasteiger partial charge in [-0.1, -0.05) is 78.9 Å². The number of rotatable bonds is 6. The maximum Gasteiger partial charge on any atom is 0.282 e. The molecule has 0 N–H and O–H groups in total. The van der Waals surface area contributed by atoms with Crippen molar-refractivity contribution in [1.82, 2.24) is 4.90 Å². The average molecular weight is 381 g/mol. The zero-order chi connectivity index (χ0) is 20.1. The second-order valence-electron chi connectivity index (χ2n) is 7.06. The van der Waals surface area contributed by atoms with Gasteiger partial charge in [-0.2, -0.15) is 10.1 Å². The smallest absolute Gasteiger partial charge is 0.282 e. The lowest BCUT2D eigenvalue weighted by atomic mass is 10.1. The predicted molar refractivity (Wildman–Crippen MR) is 117 cm³/mol. The van der Waals surface area contributed by atoms with Gasteiger partial charge in [-0.05, 0) is 30.2 Å². The molecule has 4 nitrogen and oxygen atoms in total. The molecule has 0 aromatic heterocycles. The quantitative estimate of drug-likeness (QED) is 0.564. The summed E-state index contributed by atoms with van der Waals surface area (Å²) in [5, 5.41) is 5.97. The minimum absolute atomic E-state index is 0.0974. The Morgan fingerprint density at radius 2 is 1.28 bits per heavy atom. The van der Waals surface area contributed by atoms with Crippen LogP contribution in [0.3, 0.4) is 0 Å². The number of carbonyl (C=O) groups is 1. The summed E-state index contributed by atoms with van der Waals surface area (Å²) in [5.74, 6) is -0.0974. The highest BCUT2D eigenvalue weighted by atomic mass is 16.2. The van der Waals surface area contributed by atoms with Gasteiger partial charge in [0.25, 0.3) is 5.91 Å². The fourth-order valence-corrected chi connectivity index (χ4v) is 3.38. The van der Waals surface area contributed by atoms with Gasteiger partial charge in [-0.25, -0.2) is 0 Å². The van der Waals surface area contributed by atoms with E-state index in [1.165, 1.54) is 16.1 Å². The van der Waals surface area contributed by atoms with E-state index in [1.54, 1.807) is 0 Å². The molecule has 0 unspecified atom stereocenters. The second kappa shape index (κ2) is 8.57. The highest BCUT2D eigenvalue weighted by Gasteiger charge is 2.29. The Morgan fingerprint density at radius 1 is 0.793 bits per heavy atom. The molecule has 1 heterocycles. The van der Waals surface area contributed by atoms with E-state index in [2.05, 4.69) is 34.3 Å². The highest BCUT2D eigenvalue weighted by molar-refractivity contribution is 6.29. The van der Waals surface area contributed by atoms with Crippen molar-refractivity contribution in [2.75, 3.05) is 5.01 Å². The van der Waals surface area contributed by atoms with Crippen LogP contribution in [0.1, 0.15) is 18.1 Å². The number of amides is 1. The van der Waals surface area contributed by atoms with Crippen molar-refractivity contribution in [2.24, 2.45) is 5.10 Å². The molecular formula is C25H23N3O. The molecule has 29 heavy (non-hydrogen) atoms. The zero-order valence-corrected chi connectivity index (χ0v) is 16.4. The molecule has 1 aliphatic rings. The van der Waals surface area contributed by atoms with Gasteiger partial charge in [0.2, 0.25) is 0 Å². The van der Waals surface area contributed by atoms with Crippen LogP contribution in [0, 0.1) is 0 Å². The van der Waals surface area contributed by atoms with E-state index in [4.69, 9.17) is 0 Å². The third-order valence-corrected chi connectivity index (χ3v) is 4.83. The summed E-state index contributed by atoms with van der Waals surface area (Å²) in [4.78, 5) is 15.2. The Balaban J connectivity index is 1.62. The topological polar surface area (TPSA) is 35.9 Å². The lowest BCUT2D eigenvalue weighted by Gasteiger charge is -2.22. The Hall–Kier alpha value is -3.66. The van der Waals surface area contributed by atoms with Gasteiger partial charge in [0.05, 0.1) is 17.0 Å². The first-order valence-corrected chi connectivity index (χ1v) is 9.69. The first-order chi connectivity index (χ1) is 14.2. The summed E-state index contributed by atoms with van der Waals surface area (Å²) >= 11 is 0. The van der Waals surface area contributed by atoms with E-state index in [-0.39, 0.29) is 5.91 Å². The van der Waals surface area contributed by atoms with Gasteiger partial charge in [0.1, 0.15) is 0 Å². The van der Waals surface area contributed by atoms with Crippen LogP contribution in [0.15, 0.2) is 108 Å². The number of benzene rings is 3.